The molecular weight excluding hydrogens is 284 g/mol. The van der Waals surface area contributed by atoms with Crippen LogP contribution in [0.15, 0.2) is 24.3 Å². The standard InChI is InChI=1S/C16H22N2O4/c1-12(2)16(20)22-11-15(19)17-13-3-5-14(6-4-13)18-7-9-21-10-8-18/h3-6,12H,7-11H2,1-2H3,(H,17,19). The van der Waals surface area contributed by atoms with Crippen LogP contribution in [0.1, 0.15) is 13.8 Å². The highest BCUT2D eigenvalue weighted by molar-refractivity contribution is 5.93. The van der Waals surface area contributed by atoms with Gasteiger partial charge in [-0.2, -0.15) is 0 Å². The zero-order valence-electron chi connectivity index (χ0n) is 13.0. The first kappa shape index (κ1) is 16.3. The lowest BCUT2D eigenvalue weighted by molar-refractivity contribution is -0.150. The SMILES string of the molecule is CC(C)C(=O)OCC(=O)Nc1ccc(N2CCOCC2)cc1. The van der Waals surface area contributed by atoms with Gasteiger partial charge in [-0.05, 0) is 24.3 Å². The summed E-state index contributed by atoms with van der Waals surface area (Å²) in [6.45, 7) is 6.41. The fourth-order valence-corrected chi connectivity index (χ4v) is 2.08. The monoisotopic (exact) mass is 306 g/mol. The summed E-state index contributed by atoms with van der Waals surface area (Å²) in [6, 6.07) is 7.60. The number of carbonyl (C=O) groups excluding carboxylic acids is 2. The molecule has 2 rings (SSSR count). The van der Waals surface area contributed by atoms with Crippen LogP contribution in [-0.2, 0) is 19.1 Å². The molecule has 1 aliphatic heterocycles. The number of amides is 1. The molecule has 1 heterocycles. The minimum atomic E-state index is -0.377. The number of benzene rings is 1. The number of ether oxygens (including phenoxy) is 2. The van der Waals surface area contributed by atoms with Gasteiger partial charge < -0.3 is 19.7 Å². The molecule has 0 aliphatic carbocycles. The summed E-state index contributed by atoms with van der Waals surface area (Å²) in [5.74, 6) is -0.952. The Kier molecular flexibility index (Phi) is 5.77. The third kappa shape index (κ3) is 4.73. The number of anilines is 2. The molecule has 6 heteroatoms. The minimum Gasteiger partial charge on any atom is -0.455 e. The van der Waals surface area contributed by atoms with Gasteiger partial charge in [0, 0.05) is 24.5 Å². The van der Waals surface area contributed by atoms with Crippen molar-refractivity contribution in [3.05, 3.63) is 24.3 Å². The normalized spacial score (nSPS) is 14.8. The molecule has 0 bridgehead atoms. The Morgan fingerprint density at radius 2 is 1.86 bits per heavy atom. The predicted octanol–water partition coefficient (Wildman–Crippen LogP) is 1.66. The van der Waals surface area contributed by atoms with E-state index in [-0.39, 0.29) is 24.4 Å². The van der Waals surface area contributed by atoms with Crippen molar-refractivity contribution < 1.29 is 19.1 Å². The Hall–Kier alpha value is -2.08. The number of rotatable bonds is 5. The lowest BCUT2D eigenvalue weighted by atomic mass is 10.2. The molecule has 0 spiro atoms. The van der Waals surface area contributed by atoms with Crippen LogP contribution in [0.25, 0.3) is 0 Å². The smallest absolute Gasteiger partial charge is 0.308 e. The maximum Gasteiger partial charge on any atom is 0.308 e. The molecule has 1 amide bonds. The number of nitrogens with one attached hydrogen (secondary N) is 1. The second kappa shape index (κ2) is 7.79. The van der Waals surface area contributed by atoms with Gasteiger partial charge in [0.2, 0.25) is 0 Å². The molecule has 0 saturated carbocycles. The highest BCUT2D eigenvalue weighted by Gasteiger charge is 2.13. The Balaban J connectivity index is 1.82. The summed E-state index contributed by atoms with van der Waals surface area (Å²) in [7, 11) is 0. The topological polar surface area (TPSA) is 67.9 Å². The van der Waals surface area contributed by atoms with Crippen molar-refractivity contribution in [1.29, 1.82) is 0 Å². The van der Waals surface area contributed by atoms with E-state index in [0.717, 1.165) is 32.0 Å². The van der Waals surface area contributed by atoms with Crippen molar-refractivity contribution in [2.75, 3.05) is 43.1 Å². The average Bonchev–Trinajstić information content (AvgIpc) is 2.54. The van der Waals surface area contributed by atoms with Crippen LogP contribution in [-0.4, -0.2) is 44.8 Å². The van der Waals surface area contributed by atoms with Crippen molar-refractivity contribution in [1.82, 2.24) is 0 Å². The zero-order valence-corrected chi connectivity index (χ0v) is 13.0. The molecule has 0 radical (unpaired) electrons. The van der Waals surface area contributed by atoms with Crippen LogP contribution >= 0.6 is 0 Å². The van der Waals surface area contributed by atoms with Gasteiger partial charge in [-0.15, -0.1) is 0 Å². The summed E-state index contributed by atoms with van der Waals surface area (Å²) in [5, 5.41) is 2.71. The molecule has 0 atom stereocenters. The molecule has 22 heavy (non-hydrogen) atoms. The van der Waals surface area contributed by atoms with Crippen LogP contribution in [0.4, 0.5) is 11.4 Å². The molecule has 0 unspecified atom stereocenters. The van der Waals surface area contributed by atoms with Crippen LogP contribution in [0, 0.1) is 5.92 Å². The fraction of sp³-hybridized carbons (Fsp3) is 0.500. The van der Waals surface area contributed by atoms with E-state index in [0.29, 0.717) is 5.69 Å². The zero-order chi connectivity index (χ0) is 15.9. The van der Waals surface area contributed by atoms with Gasteiger partial charge >= 0.3 is 5.97 Å². The van der Waals surface area contributed by atoms with E-state index >= 15 is 0 Å². The van der Waals surface area contributed by atoms with Gasteiger partial charge in [0.1, 0.15) is 0 Å². The molecule has 1 fully saturated rings. The van der Waals surface area contributed by atoms with E-state index in [1.807, 2.05) is 24.3 Å². The fourth-order valence-electron chi connectivity index (χ4n) is 2.08. The van der Waals surface area contributed by atoms with Gasteiger partial charge in [-0.25, -0.2) is 0 Å². The highest BCUT2D eigenvalue weighted by Crippen LogP contribution is 2.18. The van der Waals surface area contributed by atoms with Crippen molar-refractivity contribution in [3.63, 3.8) is 0 Å². The number of hydrogen-bond donors (Lipinski definition) is 1. The molecule has 1 aliphatic rings. The molecule has 1 N–H and O–H groups in total. The van der Waals surface area contributed by atoms with Crippen molar-refractivity contribution in [2.24, 2.45) is 5.92 Å². The van der Waals surface area contributed by atoms with Crippen molar-refractivity contribution >= 4 is 23.3 Å². The van der Waals surface area contributed by atoms with E-state index in [1.165, 1.54) is 0 Å². The Labute approximate surface area is 130 Å². The Morgan fingerprint density at radius 3 is 2.45 bits per heavy atom. The number of hydrogen-bond acceptors (Lipinski definition) is 5. The minimum absolute atomic E-state index is 0.236. The predicted molar refractivity (Wildman–Crippen MR) is 83.9 cm³/mol. The van der Waals surface area contributed by atoms with Crippen LogP contribution in [0.5, 0.6) is 0 Å². The molecule has 120 valence electrons. The summed E-state index contributed by atoms with van der Waals surface area (Å²) in [6.07, 6.45) is 0. The molecular formula is C16H22N2O4. The van der Waals surface area contributed by atoms with E-state index in [2.05, 4.69) is 10.2 Å². The van der Waals surface area contributed by atoms with E-state index < -0.39 is 0 Å². The maximum absolute atomic E-state index is 11.7. The maximum atomic E-state index is 11.7. The van der Waals surface area contributed by atoms with Crippen LogP contribution < -0.4 is 10.2 Å². The van der Waals surface area contributed by atoms with Gasteiger partial charge in [0.05, 0.1) is 19.1 Å². The number of esters is 1. The second-order valence-electron chi connectivity index (χ2n) is 5.46. The first-order valence-corrected chi connectivity index (χ1v) is 7.45. The molecule has 1 saturated heterocycles. The largest absolute Gasteiger partial charge is 0.455 e. The summed E-state index contributed by atoms with van der Waals surface area (Å²) in [5.41, 5.74) is 1.79. The first-order valence-electron chi connectivity index (χ1n) is 7.45. The van der Waals surface area contributed by atoms with E-state index in [1.54, 1.807) is 13.8 Å². The summed E-state index contributed by atoms with van der Waals surface area (Å²) < 4.78 is 10.2. The molecule has 0 aromatic heterocycles. The lowest BCUT2D eigenvalue weighted by Gasteiger charge is -2.28. The first-order chi connectivity index (χ1) is 10.6. The van der Waals surface area contributed by atoms with Crippen molar-refractivity contribution in [3.8, 4) is 0 Å². The number of nitrogens with zero attached hydrogens (tertiary/aromatic N) is 1. The van der Waals surface area contributed by atoms with E-state index in [9.17, 15) is 9.59 Å². The van der Waals surface area contributed by atoms with Gasteiger partial charge in [0.25, 0.3) is 5.91 Å². The van der Waals surface area contributed by atoms with Crippen LogP contribution in [0.2, 0.25) is 0 Å². The Bertz CT molecular complexity index is 507. The molecule has 1 aromatic rings. The Morgan fingerprint density at radius 1 is 1.23 bits per heavy atom. The molecule has 6 nitrogen and oxygen atoms in total. The van der Waals surface area contributed by atoms with Gasteiger partial charge in [0.15, 0.2) is 6.61 Å². The summed E-state index contributed by atoms with van der Waals surface area (Å²) in [4.78, 5) is 25.2. The lowest BCUT2D eigenvalue weighted by Crippen LogP contribution is -2.36. The van der Waals surface area contributed by atoms with E-state index in [4.69, 9.17) is 9.47 Å². The van der Waals surface area contributed by atoms with Crippen LogP contribution in [0.3, 0.4) is 0 Å². The second-order valence-corrected chi connectivity index (χ2v) is 5.46. The van der Waals surface area contributed by atoms with Crippen molar-refractivity contribution in [2.45, 2.75) is 13.8 Å². The number of morpholine rings is 1. The highest BCUT2D eigenvalue weighted by atomic mass is 16.5. The molecule has 1 aromatic carbocycles. The van der Waals surface area contributed by atoms with Gasteiger partial charge in [-0.1, -0.05) is 13.8 Å². The third-order valence-electron chi connectivity index (χ3n) is 3.34. The number of carbonyl (C=O) groups is 2. The van der Waals surface area contributed by atoms with Gasteiger partial charge in [-0.3, -0.25) is 9.59 Å². The third-order valence-corrected chi connectivity index (χ3v) is 3.34. The summed E-state index contributed by atoms with van der Waals surface area (Å²) >= 11 is 0. The quantitative estimate of drug-likeness (QED) is 0.838. The average molecular weight is 306 g/mol.